The van der Waals surface area contributed by atoms with Gasteiger partial charge < -0.3 is 10.1 Å². The van der Waals surface area contributed by atoms with Crippen molar-refractivity contribution in [1.29, 1.82) is 0 Å². The van der Waals surface area contributed by atoms with Gasteiger partial charge in [-0.15, -0.1) is 0 Å². The molecule has 0 aliphatic heterocycles. The van der Waals surface area contributed by atoms with Gasteiger partial charge in [0.1, 0.15) is 0 Å². The second-order valence-corrected chi connectivity index (χ2v) is 6.46. The summed E-state index contributed by atoms with van der Waals surface area (Å²) in [6, 6.07) is 11.8. The van der Waals surface area contributed by atoms with E-state index in [2.05, 4.69) is 56.4 Å². The molecule has 0 saturated heterocycles. The van der Waals surface area contributed by atoms with Crippen molar-refractivity contribution in [2.24, 2.45) is 5.92 Å². The van der Waals surface area contributed by atoms with E-state index in [9.17, 15) is 0 Å². The van der Waals surface area contributed by atoms with Gasteiger partial charge in [0, 0.05) is 19.2 Å². The van der Waals surface area contributed by atoms with Crippen molar-refractivity contribution in [2.75, 3.05) is 7.11 Å². The van der Waals surface area contributed by atoms with Crippen molar-refractivity contribution in [2.45, 2.75) is 57.7 Å². The summed E-state index contributed by atoms with van der Waals surface area (Å²) in [7, 11) is 1.79. The van der Waals surface area contributed by atoms with Gasteiger partial charge in [-0.1, -0.05) is 30.3 Å². The second kappa shape index (κ2) is 6.06. The lowest BCUT2D eigenvalue weighted by Crippen LogP contribution is -2.38. The van der Waals surface area contributed by atoms with Crippen molar-refractivity contribution < 1.29 is 4.74 Å². The van der Waals surface area contributed by atoms with Gasteiger partial charge in [0.25, 0.3) is 0 Å². The molecule has 1 saturated carbocycles. The molecule has 1 aromatic rings. The molecule has 1 N–H and O–H groups in total. The highest BCUT2D eigenvalue weighted by Gasteiger charge is 2.33. The monoisotopic (exact) mass is 261 g/mol. The van der Waals surface area contributed by atoms with Crippen LogP contribution in [0.2, 0.25) is 0 Å². The molecule has 1 fully saturated rings. The molecule has 1 aliphatic carbocycles. The van der Waals surface area contributed by atoms with E-state index in [0.717, 1.165) is 12.3 Å². The van der Waals surface area contributed by atoms with Crippen LogP contribution in [-0.4, -0.2) is 18.8 Å². The van der Waals surface area contributed by atoms with Crippen molar-refractivity contribution in [3.8, 4) is 0 Å². The predicted molar refractivity (Wildman–Crippen MR) is 80.2 cm³/mol. The third kappa shape index (κ3) is 4.32. The minimum Gasteiger partial charge on any atom is -0.379 e. The van der Waals surface area contributed by atoms with Gasteiger partial charge in [0.2, 0.25) is 0 Å². The van der Waals surface area contributed by atoms with Gasteiger partial charge in [0.15, 0.2) is 0 Å². The van der Waals surface area contributed by atoms with E-state index in [0.29, 0.717) is 12.1 Å². The fourth-order valence-electron chi connectivity index (χ4n) is 2.78. The number of methoxy groups -OCH3 is 1. The smallest absolute Gasteiger partial charge is 0.0637 e. The van der Waals surface area contributed by atoms with Crippen LogP contribution >= 0.6 is 0 Å². The number of ether oxygens (including phenoxy) is 1. The molecular weight excluding hydrogens is 234 g/mol. The van der Waals surface area contributed by atoms with Crippen molar-refractivity contribution >= 4 is 0 Å². The first-order chi connectivity index (χ1) is 9.02. The van der Waals surface area contributed by atoms with Gasteiger partial charge in [-0.2, -0.15) is 0 Å². The Kier molecular flexibility index (Phi) is 4.64. The van der Waals surface area contributed by atoms with Gasteiger partial charge >= 0.3 is 0 Å². The summed E-state index contributed by atoms with van der Waals surface area (Å²) < 4.78 is 5.53. The normalized spacial score (nSPS) is 19.2. The Labute approximate surface area is 117 Å². The Balaban J connectivity index is 1.98. The molecule has 19 heavy (non-hydrogen) atoms. The maximum absolute atomic E-state index is 5.53. The molecule has 1 aliphatic rings. The first kappa shape index (κ1) is 14.5. The summed E-state index contributed by atoms with van der Waals surface area (Å²) in [6.45, 7) is 6.57. The topological polar surface area (TPSA) is 21.3 Å². The molecule has 2 heteroatoms. The van der Waals surface area contributed by atoms with E-state index in [1.165, 1.54) is 18.4 Å². The van der Waals surface area contributed by atoms with E-state index >= 15 is 0 Å². The van der Waals surface area contributed by atoms with E-state index in [1.807, 2.05) is 0 Å². The van der Waals surface area contributed by atoms with Gasteiger partial charge in [-0.3, -0.25) is 0 Å². The average Bonchev–Trinajstić information content (AvgIpc) is 3.21. The fraction of sp³-hybridized carbons (Fsp3) is 0.647. The fourth-order valence-corrected chi connectivity index (χ4v) is 2.78. The van der Waals surface area contributed by atoms with Crippen LogP contribution in [0.25, 0.3) is 0 Å². The van der Waals surface area contributed by atoms with Crippen LogP contribution in [0.1, 0.15) is 51.6 Å². The molecule has 0 bridgehead atoms. The van der Waals surface area contributed by atoms with Crippen LogP contribution in [0.15, 0.2) is 30.3 Å². The lowest BCUT2D eigenvalue weighted by atomic mass is 9.96. The first-order valence-corrected chi connectivity index (χ1v) is 7.38. The molecule has 0 heterocycles. The van der Waals surface area contributed by atoms with Crippen LogP contribution < -0.4 is 5.32 Å². The second-order valence-electron chi connectivity index (χ2n) is 6.46. The summed E-state index contributed by atoms with van der Waals surface area (Å²) in [5.41, 5.74) is 1.36. The number of nitrogens with one attached hydrogen (secondary N) is 1. The van der Waals surface area contributed by atoms with Crippen LogP contribution in [-0.2, 0) is 4.74 Å². The quantitative estimate of drug-likeness (QED) is 0.803. The summed E-state index contributed by atoms with van der Waals surface area (Å²) in [5.74, 6) is 0.815. The molecule has 2 nitrogen and oxygen atoms in total. The summed E-state index contributed by atoms with van der Waals surface area (Å²) in [5, 5.41) is 3.81. The lowest BCUT2D eigenvalue weighted by Gasteiger charge is -2.30. The molecule has 0 aromatic heterocycles. The molecular formula is C17H27NO. The Morgan fingerprint density at radius 1 is 1.26 bits per heavy atom. The van der Waals surface area contributed by atoms with Crippen LogP contribution in [0.4, 0.5) is 0 Å². The highest BCUT2D eigenvalue weighted by molar-refractivity contribution is 5.21. The minimum absolute atomic E-state index is 0.0583. The number of benzene rings is 1. The number of rotatable bonds is 7. The zero-order chi connectivity index (χ0) is 13.9. The molecule has 0 spiro atoms. The maximum atomic E-state index is 5.53. The van der Waals surface area contributed by atoms with E-state index < -0.39 is 0 Å². The SMILES string of the molecule is COC(C)(C)CC(C)NC(c1ccccc1)C1CC1. The number of hydrogen-bond donors (Lipinski definition) is 1. The highest BCUT2D eigenvalue weighted by atomic mass is 16.5. The molecule has 2 rings (SSSR count). The summed E-state index contributed by atoms with van der Waals surface area (Å²) in [6.07, 6.45) is 3.74. The first-order valence-electron chi connectivity index (χ1n) is 7.38. The Hall–Kier alpha value is -0.860. The molecule has 1 aromatic carbocycles. The third-order valence-corrected chi connectivity index (χ3v) is 4.07. The van der Waals surface area contributed by atoms with E-state index in [1.54, 1.807) is 7.11 Å². The Morgan fingerprint density at radius 3 is 2.42 bits per heavy atom. The average molecular weight is 261 g/mol. The highest BCUT2D eigenvalue weighted by Crippen LogP contribution is 2.41. The Morgan fingerprint density at radius 2 is 1.89 bits per heavy atom. The minimum atomic E-state index is -0.0583. The van der Waals surface area contributed by atoms with E-state index in [-0.39, 0.29) is 5.60 Å². The summed E-state index contributed by atoms with van der Waals surface area (Å²) in [4.78, 5) is 0. The van der Waals surface area contributed by atoms with Crippen molar-refractivity contribution in [1.82, 2.24) is 5.32 Å². The molecule has 0 radical (unpaired) electrons. The standard InChI is InChI=1S/C17H27NO/c1-13(12-17(2,3)19-4)18-16(15-10-11-15)14-8-6-5-7-9-14/h5-9,13,15-16,18H,10-12H2,1-4H3. The molecule has 0 amide bonds. The molecule has 2 unspecified atom stereocenters. The predicted octanol–water partition coefficient (Wildman–Crippen LogP) is 3.93. The zero-order valence-corrected chi connectivity index (χ0v) is 12.6. The van der Waals surface area contributed by atoms with Gasteiger partial charge in [0.05, 0.1) is 5.60 Å². The van der Waals surface area contributed by atoms with Crippen LogP contribution in [0, 0.1) is 5.92 Å². The Bertz CT molecular complexity index is 384. The number of hydrogen-bond acceptors (Lipinski definition) is 2. The summed E-state index contributed by atoms with van der Waals surface area (Å²) >= 11 is 0. The van der Waals surface area contributed by atoms with Crippen LogP contribution in [0.3, 0.4) is 0 Å². The van der Waals surface area contributed by atoms with E-state index in [4.69, 9.17) is 4.74 Å². The molecule has 2 atom stereocenters. The van der Waals surface area contributed by atoms with Gasteiger partial charge in [-0.05, 0) is 51.5 Å². The van der Waals surface area contributed by atoms with Crippen molar-refractivity contribution in [3.05, 3.63) is 35.9 Å². The van der Waals surface area contributed by atoms with Gasteiger partial charge in [-0.25, -0.2) is 0 Å². The largest absolute Gasteiger partial charge is 0.379 e. The maximum Gasteiger partial charge on any atom is 0.0637 e. The van der Waals surface area contributed by atoms with Crippen LogP contribution in [0.5, 0.6) is 0 Å². The zero-order valence-electron chi connectivity index (χ0n) is 12.6. The third-order valence-electron chi connectivity index (χ3n) is 4.07. The lowest BCUT2D eigenvalue weighted by molar-refractivity contribution is 0.00741. The molecule has 106 valence electrons. The van der Waals surface area contributed by atoms with Crippen molar-refractivity contribution in [3.63, 3.8) is 0 Å².